The summed E-state index contributed by atoms with van der Waals surface area (Å²) in [5.74, 6) is -0.284. The van der Waals surface area contributed by atoms with Crippen molar-refractivity contribution in [2.75, 3.05) is 26.7 Å². The molecular weight excluding hydrogens is 429 g/mol. The average Bonchev–Trinajstić information content (AvgIpc) is 2.81. The van der Waals surface area contributed by atoms with E-state index in [2.05, 4.69) is 4.90 Å². The first-order valence-corrected chi connectivity index (χ1v) is 12.8. The van der Waals surface area contributed by atoms with E-state index in [9.17, 15) is 17.6 Å². The molecule has 7 heteroatoms. The number of Topliss-reactive ketones (excluding diaryl/α,β-unsaturated/α-hetero) is 1. The third kappa shape index (κ3) is 4.80. The molecule has 0 saturated carbocycles. The van der Waals surface area contributed by atoms with Crippen LogP contribution in [0.25, 0.3) is 0 Å². The first kappa shape index (κ1) is 23.1. The van der Waals surface area contributed by atoms with Crippen molar-refractivity contribution < 1.29 is 22.3 Å². The summed E-state index contributed by atoms with van der Waals surface area (Å²) in [6, 6.07) is 12.9. The van der Waals surface area contributed by atoms with Crippen LogP contribution < -0.4 is 0 Å². The number of methoxy groups -OCH3 is 1. The second-order valence-corrected chi connectivity index (χ2v) is 11.0. The van der Waals surface area contributed by atoms with Gasteiger partial charge in [0.25, 0.3) is 0 Å². The summed E-state index contributed by atoms with van der Waals surface area (Å²) < 4.78 is 44.9. The van der Waals surface area contributed by atoms with Gasteiger partial charge in [-0.3, -0.25) is 4.79 Å². The summed E-state index contributed by atoms with van der Waals surface area (Å²) in [7, 11) is -1.72. The quantitative estimate of drug-likeness (QED) is 0.573. The molecule has 0 aromatic heterocycles. The van der Waals surface area contributed by atoms with E-state index < -0.39 is 15.1 Å². The Bertz CT molecular complexity index is 1050. The number of nitrogens with zero attached hydrogens (tertiary/aromatic N) is 1. The molecule has 0 bridgehead atoms. The fraction of sp³-hybridized carbons (Fsp3) is 0.480. The highest BCUT2D eigenvalue weighted by Crippen LogP contribution is 2.39. The standard InChI is InChI=1S/C25H30FNO4S/c1-31-23-17-21(32(29,30)24-7-3-2-6-22(23)24)5-4-14-27-15-12-19(13-16-27)25(28)18-8-10-20(26)11-9-18/h2-3,6-11,19,21,23H,4-5,12-17H2,1H3. The van der Waals surface area contributed by atoms with E-state index in [0.717, 1.165) is 44.5 Å². The van der Waals surface area contributed by atoms with E-state index in [4.69, 9.17) is 4.74 Å². The number of carbonyl (C=O) groups is 1. The summed E-state index contributed by atoms with van der Waals surface area (Å²) >= 11 is 0. The lowest BCUT2D eigenvalue weighted by Gasteiger charge is -2.33. The molecular formula is C25H30FNO4S. The molecule has 0 radical (unpaired) electrons. The normalized spacial score (nSPS) is 23.6. The zero-order valence-corrected chi connectivity index (χ0v) is 19.2. The van der Waals surface area contributed by atoms with E-state index in [1.54, 1.807) is 31.4 Å². The van der Waals surface area contributed by atoms with Gasteiger partial charge in [0.15, 0.2) is 15.6 Å². The van der Waals surface area contributed by atoms with Crippen LogP contribution in [0.5, 0.6) is 0 Å². The molecule has 0 amide bonds. The minimum Gasteiger partial charge on any atom is -0.377 e. The van der Waals surface area contributed by atoms with Gasteiger partial charge in [0, 0.05) is 18.6 Å². The molecule has 4 rings (SSSR count). The topological polar surface area (TPSA) is 63.7 Å². The number of ether oxygens (including phenoxy) is 1. The third-order valence-electron chi connectivity index (χ3n) is 6.86. The second kappa shape index (κ2) is 9.81. The molecule has 2 aliphatic heterocycles. The number of hydrogen-bond acceptors (Lipinski definition) is 5. The van der Waals surface area contributed by atoms with Crippen molar-refractivity contribution in [3.63, 3.8) is 0 Å². The molecule has 1 fully saturated rings. The zero-order chi connectivity index (χ0) is 22.7. The Morgan fingerprint density at radius 2 is 1.78 bits per heavy atom. The van der Waals surface area contributed by atoms with Crippen LogP contribution in [0.15, 0.2) is 53.4 Å². The molecule has 2 aromatic carbocycles. The molecule has 2 heterocycles. The lowest BCUT2D eigenvalue weighted by Crippen LogP contribution is -2.37. The summed E-state index contributed by atoms with van der Waals surface area (Å²) in [6.07, 6.45) is 3.25. The van der Waals surface area contributed by atoms with Gasteiger partial charge in [0.2, 0.25) is 0 Å². The minimum atomic E-state index is -3.35. The van der Waals surface area contributed by atoms with E-state index in [0.29, 0.717) is 23.3 Å². The van der Waals surface area contributed by atoms with Gasteiger partial charge in [0.05, 0.1) is 16.2 Å². The highest BCUT2D eigenvalue weighted by atomic mass is 32.2. The Hall–Kier alpha value is -2.09. The van der Waals surface area contributed by atoms with Crippen molar-refractivity contribution in [2.45, 2.75) is 48.4 Å². The number of ketones is 1. The molecule has 1 saturated heterocycles. The predicted octanol–water partition coefficient (Wildman–Crippen LogP) is 4.43. The maximum atomic E-state index is 13.1. The SMILES string of the molecule is COC1CC(CCCN2CCC(C(=O)c3ccc(F)cc3)CC2)S(=O)(=O)c2ccccc21. The van der Waals surface area contributed by atoms with E-state index in [1.807, 2.05) is 12.1 Å². The monoisotopic (exact) mass is 459 g/mol. The van der Waals surface area contributed by atoms with Crippen LogP contribution in [0.2, 0.25) is 0 Å². The van der Waals surface area contributed by atoms with Crippen molar-refractivity contribution in [1.29, 1.82) is 0 Å². The molecule has 172 valence electrons. The Balaban J connectivity index is 1.28. The summed E-state index contributed by atoms with van der Waals surface area (Å²) in [5, 5.41) is -0.431. The number of piperidine rings is 1. The van der Waals surface area contributed by atoms with Gasteiger partial charge in [-0.05, 0) is 87.6 Å². The van der Waals surface area contributed by atoms with Crippen molar-refractivity contribution in [2.24, 2.45) is 5.92 Å². The largest absolute Gasteiger partial charge is 0.377 e. The van der Waals surface area contributed by atoms with E-state index in [1.165, 1.54) is 12.1 Å². The van der Waals surface area contributed by atoms with Crippen LogP contribution in [-0.4, -0.2) is 51.1 Å². The summed E-state index contributed by atoms with van der Waals surface area (Å²) in [5.41, 5.74) is 1.33. The average molecular weight is 460 g/mol. The Labute approximate surface area is 189 Å². The van der Waals surface area contributed by atoms with Gasteiger partial charge >= 0.3 is 0 Å². The highest BCUT2D eigenvalue weighted by molar-refractivity contribution is 7.92. The smallest absolute Gasteiger partial charge is 0.181 e. The van der Waals surface area contributed by atoms with Gasteiger partial charge in [-0.15, -0.1) is 0 Å². The predicted molar refractivity (Wildman–Crippen MR) is 121 cm³/mol. The van der Waals surface area contributed by atoms with Crippen LogP contribution in [-0.2, 0) is 14.6 Å². The molecule has 32 heavy (non-hydrogen) atoms. The van der Waals surface area contributed by atoms with Crippen molar-refractivity contribution in [1.82, 2.24) is 4.90 Å². The summed E-state index contributed by atoms with van der Waals surface area (Å²) in [6.45, 7) is 2.46. The van der Waals surface area contributed by atoms with Crippen molar-refractivity contribution in [3.8, 4) is 0 Å². The summed E-state index contributed by atoms with van der Waals surface area (Å²) in [4.78, 5) is 15.4. The van der Waals surface area contributed by atoms with Crippen LogP contribution in [0.1, 0.15) is 54.1 Å². The number of likely N-dealkylation sites (tertiary alicyclic amines) is 1. The van der Waals surface area contributed by atoms with Crippen LogP contribution in [0.4, 0.5) is 4.39 Å². The Kier molecular flexibility index (Phi) is 7.08. The first-order valence-electron chi connectivity index (χ1n) is 11.3. The Morgan fingerprint density at radius 3 is 2.47 bits per heavy atom. The molecule has 0 spiro atoms. The molecule has 5 nitrogen and oxygen atoms in total. The van der Waals surface area contributed by atoms with Gasteiger partial charge in [0.1, 0.15) is 5.82 Å². The fourth-order valence-corrected chi connectivity index (χ4v) is 7.05. The molecule has 2 atom stereocenters. The number of rotatable bonds is 7. The van der Waals surface area contributed by atoms with Crippen molar-refractivity contribution in [3.05, 3.63) is 65.5 Å². The minimum absolute atomic E-state index is 0.0330. The lowest BCUT2D eigenvalue weighted by atomic mass is 9.89. The van der Waals surface area contributed by atoms with Crippen LogP contribution >= 0.6 is 0 Å². The molecule has 0 N–H and O–H groups in total. The van der Waals surface area contributed by atoms with Gasteiger partial charge in [-0.25, -0.2) is 12.8 Å². The number of sulfone groups is 1. The van der Waals surface area contributed by atoms with Crippen molar-refractivity contribution >= 4 is 15.6 Å². The molecule has 0 aliphatic carbocycles. The number of hydrogen-bond donors (Lipinski definition) is 0. The second-order valence-electron chi connectivity index (χ2n) is 8.79. The number of fused-ring (bicyclic) bond motifs is 1. The fourth-order valence-electron chi connectivity index (χ4n) is 4.98. The Morgan fingerprint density at radius 1 is 1.09 bits per heavy atom. The third-order valence-corrected chi connectivity index (χ3v) is 9.15. The molecule has 2 aromatic rings. The van der Waals surface area contributed by atoms with Gasteiger partial charge in [-0.1, -0.05) is 18.2 Å². The first-order chi connectivity index (χ1) is 15.4. The van der Waals surface area contributed by atoms with Crippen LogP contribution in [0.3, 0.4) is 0 Å². The van der Waals surface area contributed by atoms with Crippen LogP contribution in [0, 0.1) is 11.7 Å². The maximum Gasteiger partial charge on any atom is 0.181 e. The number of halogens is 1. The molecule has 2 unspecified atom stereocenters. The van der Waals surface area contributed by atoms with E-state index >= 15 is 0 Å². The number of benzene rings is 2. The highest BCUT2D eigenvalue weighted by Gasteiger charge is 2.38. The lowest BCUT2D eigenvalue weighted by molar-refractivity contribution is 0.0832. The maximum absolute atomic E-state index is 13.1. The zero-order valence-electron chi connectivity index (χ0n) is 18.4. The van der Waals surface area contributed by atoms with Gasteiger partial charge < -0.3 is 9.64 Å². The van der Waals surface area contributed by atoms with E-state index in [-0.39, 0.29) is 23.6 Å². The van der Waals surface area contributed by atoms with Gasteiger partial charge in [-0.2, -0.15) is 0 Å². The number of carbonyl (C=O) groups excluding carboxylic acids is 1. The molecule has 2 aliphatic rings.